The predicted molar refractivity (Wildman–Crippen MR) is 284 cm³/mol. The van der Waals surface area contributed by atoms with E-state index in [1.165, 1.54) is 86.9 Å². The van der Waals surface area contributed by atoms with Gasteiger partial charge in [0.1, 0.15) is 23.3 Å². The standard InChI is InChI=1S/2C17H28N4O9S.C16H36N/c2*1-17(2,3)28-16(24)19-8-6-12(7-9-19)29-18-14(22)13-5-4-11-10-20(13)15(23)21(11)30-31(25,26)27;1-5-9-13-17(14-10-6-2,15-11-7-3)16-12-8-4/h2*11-13H,4-10H2,1-3H3,(H,18,22)(H,25,26,27);5-16H2,1-4H3/q;;+1/p-1/t2*11-,13+;/m11./s1. The molecule has 4 bridgehead atoms. The van der Waals surface area contributed by atoms with E-state index in [9.17, 15) is 50.2 Å². The Labute approximate surface area is 467 Å². The molecule has 6 saturated heterocycles. The number of carbonyl (C=O) groups excluding carboxylic acids is 6. The van der Waals surface area contributed by atoms with Crippen LogP contribution in [0.4, 0.5) is 19.2 Å². The summed E-state index contributed by atoms with van der Waals surface area (Å²) in [5, 5.41) is 1.10. The van der Waals surface area contributed by atoms with Gasteiger partial charge < -0.3 is 38.1 Å². The Kier molecular flexibility index (Phi) is 25.6. The average molecular weight is 1170 g/mol. The number of fused-ring (bicyclic) bond motifs is 4. The zero-order valence-corrected chi connectivity index (χ0v) is 49.8. The molecule has 6 rings (SSSR count). The lowest BCUT2D eigenvalue weighted by Gasteiger charge is -2.39. The third-order valence-corrected chi connectivity index (χ3v) is 15.1. The van der Waals surface area contributed by atoms with Crippen LogP contribution in [0.5, 0.6) is 0 Å². The van der Waals surface area contributed by atoms with Crippen LogP contribution in [0.3, 0.4) is 0 Å². The highest BCUT2D eigenvalue weighted by molar-refractivity contribution is 7.81. The van der Waals surface area contributed by atoms with Gasteiger partial charge in [0.2, 0.25) is 10.4 Å². The zero-order chi connectivity index (χ0) is 58.9. The fourth-order valence-corrected chi connectivity index (χ4v) is 11.0. The van der Waals surface area contributed by atoms with Crippen molar-refractivity contribution in [3.8, 4) is 0 Å². The van der Waals surface area contributed by atoms with Gasteiger partial charge in [-0.3, -0.25) is 23.8 Å². The number of carbonyl (C=O) groups is 6. The quantitative estimate of drug-likeness (QED) is 0.0519. The molecule has 0 aromatic carbocycles. The molecule has 27 nitrogen and oxygen atoms in total. The lowest BCUT2D eigenvalue weighted by molar-refractivity contribution is -0.929. The predicted octanol–water partition coefficient (Wildman–Crippen LogP) is 5.53. The maximum atomic E-state index is 12.6. The van der Waals surface area contributed by atoms with E-state index in [-0.39, 0.29) is 38.1 Å². The molecule has 4 atom stereocenters. The van der Waals surface area contributed by atoms with Gasteiger partial charge in [0, 0.05) is 39.3 Å². The first kappa shape index (κ1) is 67.1. The number of quaternary nitrogens is 1. The van der Waals surface area contributed by atoms with E-state index < -0.39 is 92.2 Å². The summed E-state index contributed by atoms with van der Waals surface area (Å²) >= 11 is 0. The van der Waals surface area contributed by atoms with Crippen LogP contribution in [0.25, 0.3) is 0 Å². The number of rotatable bonds is 22. The summed E-state index contributed by atoms with van der Waals surface area (Å²) in [6, 6.07) is -4.57. The minimum atomic E-state index is -5.10. The number of hydrogen-bond donors (Lipinski definition) is 3. The lowest BCUT2D eigenvalue weighted by Crippen LogP contribution is -2.51. The molecule has 8 amide bonds. The van der Waals surface area contributed by atoms with Gasteiger partial charge in [-0.05, 0) is 119 Å². The summed E-state index contributed by atoms with van der Waals surface area (Å²) in [5.41, 5.74) is 3.58. The second-order valence-corrected chi connectivity index (χ2v) is 25.1. The van der Waals surface area contributed by atoms with Crippen molar-refractivity contribution in [2.45, 2.75) is 220 Å². The molecule has 0 unspecified atom stereocenters. The molecule has 6 aliphatic rings. The van der Waals surface area contributed by atoms with Gasteiger partial charge in [-0.2, -0.15) is 22.8 Å². The van der Waals surface area contributed by atoms with Crippen LogP contribution >= 0.6 is 0 Å². The second-order valence-electron chi connectivity index (χ2n) is 23.2. The third kappa shape index (κ3) is 21.8. The number of unbranched alkanes of at least 4 members (excludes halogenated alkanes) is 4. The van der Waals surface area contributed by atoms with Gasteiger partial charge in [-0.1, -0.05) is 53.4 Å². The van der Waals surface area contributed by atoms with Gasteiger partial charge in [0.15, 0.2) is 0 Å². The molecule has 29 heteroatoms. The molecule has 6 fully saturated rings. The normalized spacial score (nSPS) is 22.2. The van der Waals surface area contributed by atoms with Crippen LogP contribution in [-0.4, -0.2) is 209 Å². The number of urea groups is 2. The first-order valence-electron chi connectivity index (χ1n) is 28.2. The van der Waals surface area contributed by atoms with Crippen LogP contribution in [0.2, 0.25) is 0 Å². The molecule has 79 heavy (non-hydrogen) atoms. The summed E-state index contributed by atoms with van der Waals surface area (Å²) in [7, 11) is -9.94. The van der Waals surface area contributed by atoms with Gasteiger partial charge in [-0.15, -0.1) is 4.28 Å². The van der Waals surface area contributed by atoms with Crippen LogP contribution in [0, 0.1) is 0 Å². The minimum absolute atomic E-state index is 0.0702. The van der Waals surface area contributed by atoms with Gasteiger partial charge in [0.05, 0.1) is 50.5 Å². The third-order valence-electron chi connectivity index (χ3n) is 14.4. The monoisotopic (exact) mass is 1170 g/mol. The van der Waals surface area contributed by atoms with E-state index in [0.717, 1.165) is 4.90 Å². The van der Waals surface area contributed by atoms with Crippen molar-refractivity contribution < 1.29 is 86.9 Å². The number of piperidine rings is 4. The lowest BCUT2D eigenvalue weighted by atomic mass is 10.0. The molecule has 6 aliphatic heterocycles. The Bertz CT molecular complexity index is 2060. The SMILES string of the molecule is CC(C)(C)OC(=O)N1CCC(ONC(=O)[C@@H]2CC[C@@H]3CN2C(=O)N3OS(=O)(=O)O)CC1.CC(C)(C)OC(=O)N1CCC(ONC(=O)[C@@H]2CC[C@@H]3CN2C(=O)N3OS(=O)(=O)[O-])CC1.CCCC[N+](CCCC)(CCCC)CCCC. The van der Waals surface area contributed by atoms with Crippen molar-refractivity contribution in [2.24, 2.45) is 0 Å². The topological polar surface area (TPSA) is 313 Å². The average Bonchev–Trinajstić information content (AvgIpc) is 3.75. The first-order valence-corrected chi connectivity index (χ1v) is 30.9. The molecular formula is C50H91N9O18S2. The van der Waals surface area contributed by atoms with Crippen molar-refractivity contribution in [1.29, 1.82) is 0 Å². The Morgan fingerprint density at radius 1 is 0.570 bits per heavy atom. The summed E-state index contributed by atoms with van der Waals surface area (Å²) in [5.74, 6) is -1.08. The van der Waals surface area contributed by atoms with E-state index in [1.807, 2.05) is 0 Å². The molecule has 456 valence electrons. The smallest absolute Gasteiger partial charge is 0.418 e. The van der Waals surface area contributed by atoms with Gasteiger partial charge >= 0.3 is 34.6 Å². The van der Waals surface area contributed by atoms with Gasteiger partial charge in [0.25, 0.3) is 11.8 Å². The maximum absolute atomic E-state index is 12.6. The molecule has 0 aromatic rings. The van der Waals surface area contributed by atoms with Crippen LogP contribution in [-0.2, 0) is 58.1 Å². The Morgan fingerprint density at radius 2 is 0.899 bits per heavy atom. The summed E-state index contributed by atoms with van der Waals surface area (Å²) < 4.78 is 83.8. The van der Waals surface area contributed by atoms with Crippen molar-refractivity contribution >= 4 is 56.9 Å². The van der Waals surface area contributed by atoms with Crippen molar-refractivity contribution in [3.63, 3.8) is 0 Å². The number of nitrogens with zero attached hydrogens (tertiary/aromatic N) is 7. The van der Waals surface area contributed by atoms with Crippen LogP contribution < -0.4 is 11.0 Å². The summed E-state index contributed by atoms with van der Waals surface area (Å²) in [6.07, 6.45) is 12.8. The number of hydrogen-bond acceptors (Lipinski definition) is 17. The molecular weight excluding hydrogens is 1080 g/mol. The Balaban J connectivity index is 0.000000268. The van der Waals surface area contributed by atoms with E-state index in [1.54, 1.807) is 51.3 Å². The van der Waals surface area contributed by atoms with E-state index in [4.69, 9.17) is 23.7 Å². The second kappa shape index (κ2) is 30.1. The van der Waals surface area contributed by atoms with Crippen molar-refractivity contribution in [3.05, 3.63) is 0 Å². The molecule has 0 aliphatic carbocycles. The number of amides is 8. The van der Waals surface area contributed by atoms with Gasteiger partial charge in [-0.25, -0.2) is 38.6 Å². The highest BCUT2D eigenvalue weighted by Crippen LogP contribution is 2.33. The fourth-order valence-electron chi connectivity index (χ4n) is 10.2. The molecule has 0 saturated carbocycles. The van der Waals surface area contributed by atoms with E-state index >= 15 is 0 Å². The molecule has 3 N–H and O–H groups in total. The molecule has 0 radical (unpaired) electrons. The van der Waals surface area contributed by atoms with E-state index in [2.05, 4.69) is 47.2 Å². The summed E-state index contributed by atoms with van der Waals surface area (Å²) in [4.78, 5) is 90.4. The fraction of sp³-hybridized carbons (Fsp3) is 0.880. The molecule has 0 spiro atoms. The maximum Gasteiger partial charge on any atom is 0.418 e. The number of ether oxygens (including phenoxy) is 2. The summed E-state index contributed by atoms with van der Waals surface area (Å²) in [6.45, 7) is 27.6. The highest BCUT2D eigenvalue weighted by Gasteiger charge is 2.51. The number of hydroxylamine groups is 6. The molecule has 6 heterocycles. The van der Waals surface area contributed by atoms with Crippen molar-refractivity contribution in [1.82, 2.24) is 40.7 Å². The molecule has 0 aromatic heterocycles. The Hall–Kier alpha value is -4.36. The van der Waals surface area contributed by atoms with E-state index in [0.29, 0.717) is 74.8 Å². The van der Waals surface area contributed by atoms with Crippen molar-refractivity contribution in [2.75, 3.05) is 65.4 Å². The highest BCUT2D eigenvalue weighted by atomic mass is 32.3. The first-order chi connectivity index (χ1) is 36.9. The minimum Gasteiger partial charge on any atom is -0.724 e. The zero-order valence-electron chi connectivity index (χ0n) is 48.2. The number of likely N-dealkylation sites (tertiary alicyclic amines) is 2. The largest absolute Gasteiger partial charge is 0.724 e. The van der Waals surface area contributed by atoms with Crippen LogP contribution in [0.15, 0.2) is 0 Å². The number of nitrogens with one attached hydrogen (secondary N) is 2. The van der Waals surface area contributed by atoms with Crippen LogP contribution in [0.1, 0.15) is 172 Å². The Morgan fingerprint density at radius 3 is 1.19 bits per heavy atom.